The van der Waals surface area contributed by atoms with E-state index in [2.05, 4.69) is 20.8 Å². The van der Waals surface area contributed by atoms with E-state index in [-0.39, 0.29) is 4.90 Å². The fraction of sp³-hybridized carbons (Fsp3) is 0.571. The monoisotopic (exact) mass is 376 g/mol. The number of likely N-dealkylation sites (N-methyl/N-ethyl adjacent to an activating group) is 2. The SMILES string of the molecule is COc1ccc(S(=O)(=O)N(C)CC2CCCN2C)cc1Br. The molecule has 0 N–H and O–H groups in total. The summed E-state index contributed by atoms with van der Waals surface area (Å²) in [6.45, 7) is 1.55. The molecular formula is C14H21BrN2O3S. The van der Waals surface area contributed by atoms with Crippen molar-refractivity contribution in [1.29, 1.82) is 0 Å². The van der Waals surface area contributed by atoms with Gasteiger partial charge in [0.05, 0.1) is 16.5 Å². The first-order chi connectivity index (χ1) is 9.86. The molecular weight excluding hydrogens is 356 g/mol. The molecule has 1 saturated heterocycles. The Bertz CT molecular complexity index is 606. The minimum atomic E-state index is -3.48. The van der Waals surface area contributed by atoms with Crippen LogP contribution in [0.25, 0.3) is 0 Å². The van der Waals surface area contributed by atoms with Crippen molar-refractivity contribution in [2.75, 3.05) is 34.3 Å². The summed E-state index contributed by atoms with van der Waals surface area (Å²) >= 11 is 3.33. The fourth-order valence-corrected chi connectivity index (χ4v) is 4.52. The van der Waals surface area contributed by atoms with Crippen molar-refractivity contribution in [3.63, 3.8) is 0 Å². The Labute approximate surface area is 135 Å². The van der Waals surface area contributed by atoms with Gasteiger partial charge in [-0.15, -0.1) is 0 Å². The van der Waals surface area contributed by atoms with Gasteiger partial charge >= 0.3 is 0 Å². The first-order valence-electron chi connectivity index (χ1n) is 6.86. The Balaban J connectivity index is 2.18. The molecule has 1 fully saturated rings. The van der Waals surface area contributed by atoms with Gasteiger partial charge in [0.25, 0.3) is 0 Å². The van der Waals surface area contributed by atoms with Crippen LogP contribution in [-0.2, 0) is 10.0 Å². The summed E-state index contributed by atoms with van der Waals surface area (Å²) in [5, 5.41) is 0. The normalized spacial score (nSPS) is 20.1. The third kappa shape index (κ3) is 3.59. The van der Waals surface area contributed by atoms with Gasteiger partial charge in [0.1, 0.15) is 5.75 Å². The number of rotatable bonds is 5. The van der Waals surface area contributed by atoms with Crippen LogP contribution in [0.3, 0.4) is 0 Å². The molecule has 0 spiro atoms. The zero-order valence-corrected chi connectivity index (χ0v) is 14.9. The van der Waals surface area contributed by atoms with Crippen LogP contribution in [0.5, 0.6) is 5.75 Å². The van der Waals surface area contributed by atoms with E-state index in [9.17, 15) is 8.42 Å². The van der Waals surface area contributed by atoms with Gasteiger partial charge in [-0.2, -0.15) is 4.31 Å². The summed E-state index contributed by atoms with van der Waals surface area (Å²) in [5.41, 5.74) is 0. The Hall–Kier alpha value is -0.630. The van der Waals surface area contributed by atoms with Gasteiger partial charge in [-0.25, -0.2) is 8.42 Å². The summed E-state index contributed by atoms with van der Waals surface area (Å²) in [6.07, 6.45) is 2.17. The molecule has 1 aliphatic heterocycles. The number of likely N-dealkylation sites (tertiary alicyclic amines) is 1. The minimum Gasteiger partial charge on any atom is -0.496 e. The molecule has 0 saturated carbocycles. The van der Waals surface area contributed by atoms with E-state index in [1.54, 1.807) is 32.4 Å². The van der Waals surface area contributed by atoms with Crippen LogP contribution in [-0.4, -0.2) is 58.0 Å². The topological polar surface area (TPSA) is 49.9 Å². The van der Waals surface area contributed by atoms with Crippen LogP contribution < -0.4 is 4.74 Å². The molecule has 1 aromatic carbocycles. The molecule has 1 aliphatic rings. The molecule has 0 aromatic heterocycles. The predicted octanol–water partition coefficient (Wildman–Crippen LogP) is 2.17. The molecule has 1 heterocycles. The van der Waals surface area contributed by atoms with Crippen LogP contribution in [0.1, 0.15) is 12.8 Å². The summed E-state index contributed by atoms with van der Waals surface area (Å²) in [4.78, 5) is 2.49. The summed E-state index contributed by atoms with van der Waals surface area (Å²) in [6, 6.07) is 5.12. The number of nitrogens with zero attached hydrogens (tertiary/aromatic N) is 2. The number of hydrogen-bond acceptors (Lipinski definition) is 4. The average molecular weight is 377 g/mol. The maximum atomic E-state index is 12.6. The van der Waals surface area contributed by atoms with Gasteiger partial charge in [-0.05, 0) is 60.6 Å². The van der Waals surface area contributed by atoms with E-state index >= 15 is 0 Å². The molecule has 0 bridgehead atoms. The minimum absolute atomic E-state index is 0.276. The van der Waals surface area contributed by atoms with E-state index < -0.39 is 10.0 Å². The second-order valence-corrected chi connectivity index (χ2v) is 8.26. The maximum absolute atomic E-state index is 12.6. The van der Waals surface area contributed by atoms with Gasteiger partial charge in [0.15, 0.2) is 0 Å². The summed E-state index contributed by atoms with van der Waals surface area (Å²) in [5.74, 6) is 0.618. The first-order valence-corrected chi connectivity index (χ1v) is 9.09. The Morgan fingerprint density at radius 1 is 1.48 bits per heavy atom. The van der Waals surface area contributed by atoms with Crippen molar-refractivity contribution in [2.45, 2.75) is 23.8 Å². The molecule has 2 rings (SSSR count). The molecule has 1 aromatic rings. The Morgan fingerprint density at radius 3 is 2.71 bits per heavy atom. The number of ether oxygens (including phenoxy) is 1. The molecule has 21 heavy (non-hydrogen) atoms. The van der Waals surface area contributed by atoms with Gasteiger partial charge in [-0.3, -0.25) is 0 Å². The van der Waals surface area contributed by atoms with Crippen LogP contribution in [0.15, 0.2) is 27.6 Å². The number of benzene rings is 1. The van der Waals surface area contributed by atoms with E-state index in [0.29, 0.717) is 22.8 Å². The Kier molecular flexibility index (Phi) is 5.29. The summed E-state index contributed by atoms with van der Waals surface area (Å²) < 4.78 is 32.5. The quantitative estimate of drug-likeness (QED) is 0.789. The van der Waals surface area contributed by atoms with Gasteiger partial charge < -0.3 is 9.64 Å². The van der Waals surface area contributed by atoms with Crippen LogP contribution in [0.2, 0.25) is 0 Å². The highest BCUT2D eigenvalue weighted by molar-refractivity contribution is 9.10. The average Bonchev–Trinajstić information content (AvgIpc) is 2.84. The highest BCUT2D eigenvalue weighted by Crippen LogP contribution is 2.29. The van der Waals surface area contributed by atoms with Crippen molar-refractivity contribution in [3.8, 4) is 5.75 Å². The first kappa shape index (κ1) is 16.7. The standard InChI is InChI=1S/C14H21BrN2O3S/c1-16-8-4-5-11(16)10-17(2)21(18,19)12-6-7-14(20-3)13(15)9-12/h6-7,9,11H,4-5,8,10H2,1-3H3. The van der Waals surface area contributed by atoms with Crippen molar-refractivity contribution >= 4 is 26.0 Å². The largest absolute Gasteiger partial charge is 0.496 e. The second-order valence-electron chi connectivity index (χ2n) is 5.36. The maximum Gasteiger partial charge on any atom is 0.242 e. The van der Waals surface area contributed by atoms with E-state index in [1.165, 1.54) is 4.31 Å². The van der Waals surface area contributed by atoms with Gasteiger partial charge in [0.2, 0.25) is 10.0 Å². The molecule has 118 valence electrons. The van der Waals surface area contributed by atoms with Gasteiger partial charge in [-0.1, -0.05) is 0 Å². The summed E-state index contributed by atoms with van der Waals surface area (Å²) in [7, 11) is 1.76. The number of sulfonamides is 1. The fourth-order valence-electron chi connectivity index (χ4n) is 2.59. The Morgan fingerprint density at radius 2 is 2.19 bits per heavy atom. The lowest BCUT2D eigenvalue weighted by Crippen LogP contribution is -2.39. The highest BCUT2D eigenvalue weighted by atomic mass is 79.9. The molecule has 1 unspecified atom stereocenters. The molecule has 0 amide bonds. The number of halogens is 1. The van der Waals surface area contributed by atoms with Crippen molar-refractivity contribution in [2.24, 2.45) is 0 Å². The third-order valence-electron chi connectivity index (χ3n) is 3.97. The molecule has 1 atom stereocenters. The second kappa shape index (κ2) is 6.64. The van der Waals surface area contributed by atoms with E-state index in [1.807, 2.05) is 7.05 Å². The van der Waals surface area contributed by atoms with Crippen LogP contribution in [0, 0.1) is 0 Å². The molecule has 0 aliphatic carbocycles. The van der Waals surface area contributed by atoms with Crippen molar-refractivity contribution in [1.82, 2.24) is 9.21 Å². The zero-order chi connectivity index (χ0) is 15.6. The predicted molar refractivity (Wildman–Crippen MR) is 86.2 cm³/mol. The molecule has 5 nitrogen and oxygen atoms in total. The third-order valence-corrected chi connectivity index (χ3v) is 6.41. The lowest BCUT2D eigenvalue weighted by atomic mass is 10.2. The number of hydrogen-bond donors (Lipinski definition) is 0. The van der Waals surface area contributed by atoms with Crippen LogP contribution in [0.4, 0.5) is 0 Å². The highest BCUT2D eigenvalue weighted by Gasteiger charge is 2.28. The molecule has 0 radical (unpaired) electrons. The number of methoxy groups -OCH3 is 1. The van der Waals surface area contributed by atoms with Crippen molar-refractivity contribution < 1.29 is 13.2 Å². The van der Waals surface area contributed by atoms with E-state index in [0.717, 1.165) is 19.4 Å². The van der Waals surface area contributed by atoms with Gasteiger partial charge in [0, 0.05) is 19.6 Å². The lowest BCUT2D eigenvalue weighted by Gasteiger charge is -2.25. The smallest absolute Gasteiger partial charge is 0.242 e. The molecule has 7 heteroatoms. The zero-order valence-electron chi connectivity index (χ0n) is 12.5. The van der Waals surface area contributed by atoms with Crippen molar-refractivity contribution in [3.05, 3.63) is 22.7 Å². The van der Waals surface area contributed by atoms with E-state index in [4.69, 9.17) is 4.74 Å². The van der Waals surface area contributed by atoms with Crippen LogP contribution >= 0.6 is 15.9 Å². The lowest BCUT2D eigenvalue weighted by molar-refractivity contribution is 0.271.